The van der Waals surface area contributed by atoms with Gasteiger partial charge in [0, 0.05) is 18.9 Å². The first kappa shape index (κ1) is 18.6. The molecule has 1 N–H and O–H groups in total. The number of nitrogens with zero attached hydrogens (tertiary/aromatic N) is 1. The standard InChI is InChI=1S/C11H11F3N2.2C2H6/c12-11(13,14)10-5-9(6-16-7-10)8-1-3-15-4-2-8;2*1-2/h1,5-7,15H,2-4H2;2*1-2H3. The lowest BCUT2D eigenvalue weighted by atomic mass is 10.0. The highest BCUT2D eigenvalue weighted by Crippen LogP contribution is 2.30. The number of rotatable bonds is 1. The molecule has 1 aliphatic heterocycles. The van der Waals surface area contributed by atoms with Crippen molar-refractivity contribution in [3.8, 4) is 0 Å². The van der Waals surface area contributed by atoms with Gasteiger partial charge in [-0.15, -0.1) is 0 Å². The Morgan fingerprint density at radius 1 is 1.10 bits per heavy atom. The van der Waals surface area contributed by atoms with Gasteiger partial charge < -0.3 is 5.32 Å². The fourth-order valence-electron chi connectivity index (χ4n) is 1.66. The zero-order valence-corrected chi connectivity index (χ0v) is 12.5. The van der Waals surface area contributed by atoms with Crippen molar-refractivity contribution in [1.82, 2.24) is 10.3 Å². The van der Waals surface area contributed by atoms with Crippen LogP contribution in [-0.4, -0.2) is 18.1 Å². The first-order chi connectivity index (χ1) is 9.57. The molecule has 0 fully saturated rings. The highest BCUT2D eigenvalue weighted by atomic mass is 19.4. The Balaban J connectivity index is 0.000000829. The Hall–Kier alpha value is -1.36. The number of nitrogens with one attached hydrogen (secondary N) is 1. The van der Waals surface area contributed by atoms with Crippen molar-refractivity contribution in [3.05, 3.63) is 35.7 Å². The van der Waals surface area contributed by atoms with Gasteiger partial charge in [0.15, 0.2) is 0 Å². The molecule has 114 valence electrons. The van der Waals surface area contributed by atoms with Crippen LogP contribution < -0.4 is 5.32 Å². The normalized spacial score (nSPS) is 14.2. The van der Waals surface area contributed by atoms with Crippen molar-refractivity contribution in [1.29, 1.82) is 0 Å². The minimum Gasteiger partial charge on any atom is -0.313 e. The molecule has 0 saturated heterocycles. The number of hydrogen-bond acceptors (Lipinski definition) is 2. The second-order valence-electron chi connectivity index (χ2n) is 3.64. The summed E-state index contributed by atoms with van der Waals surface area (Å²) in [4.78, 5) is 3.65. The third-order valence-electron chi connectivity index (χ3n) is 2.50. The van der Waals surface area contributed by atoms with Crippen LogP contribution in [0, 0.1) is 0 Å². The van der Waals surface area contributed by atoms with Crippen LogP contribution in [0.1, 0.15) is 45.2 Å². The summed E-state index contributed by atoms with van der Waals surface area (Å²) >= 11 is 0. The average molecular weight is 288 g/mol. The van der Waals surface area contributed by atoms with Crippen molar-refractivity contribution in [2.45, 2.75) is 40.3 Å². The van der Waals surface area contributed by atoms with Crippen molar-refractivity contribution in [2.75, 3.05) is 13.1 Å². The zero-order valence-electron chi connectivity index (χ0n) is 12.5. The molecule has 2 nitrogen and oxygen atoms in total. The Kier molecular flexibility index (Phi) is 8.88. The number of aromatic nitrogens is 1. The topological polar surface area (TPSA) is 24.9 Å². The highest BCUT2D eigenvalue weighted by molar-refractivity contribution is 5.66. The van der Waals surface area contributed by atoms with Crippen LogP contribution in [-0.2, 0) is 6.18 Å². The van der Waals surface area contributed by atoms with E-state index in [2.05, 4.69) is 10.3 Å². The van der Waals surface area contributed by atoms with Gasteiger partial charge in [-0.05, 0) is 30.2 Å². The van der Waals surface area contributed by atoms with E-state index < -0.39 is 11.7 Å². The molecular weight excluding hydrogens is 265 g/mol. The molecule has 0 spiro atoms. The van der Waals surface area contributed by atoms with Gasteiger partial charge in [0.1, 0.15) is 0 Å². The van der Waals surface area contributed by atoms with Crippen LogP contribution in [0.15, 0.2) is 24.5 Å². The summed E-state index contributed by atoms with van der Waals surface area (Å²) in [6, 6.07) is 1.16. The fourth-order valence-corrected chi connectivity index (χ4v) is 1.66. The lowest BCUT2D eigenvalue weighted by Gasteiger charge is -2.15. The van der Waals surface area contributed by atoms with Gasteiger partial charge >= 0.3 is 6.18 Å². The summed E-state index contributed by atoms with van der Waals surface area (Å²) < 4.78 is 37.4. The van der Waals surface area contributed by atoms with Crippen LogP contribution in [0.3, 0.4) is 0 Å². The Bertz CT molecular complexity index is 412. The van der Waals surface area contributed by atoms with E-state index in [9.17, 15) is 13.2 Å². The molecular formula is C15H23F3N2. The molecule has 0 aliphatic carbocycles. The van der Waals surface area contributed by atoms with E-state index in [-0.39, 0.29) is 0 Å². The van der Waals surface area contributed by atoms with Gasteiger partial charge in [-0.1, -0.05) is 33.8 Å². The fraction of sp³-hybridized carbons (Fsp3) is 0.533. The highest BCUT2D eigenvalue weighted by Gasteiger charge is 2.31. The molecule has 1 aromatic rings. The molecule has 0 atom stereocenters. The molecule has 0 bridgehead atoms. The lowest BCUT2D eigenvalue weighted by Crippen LogP contribution is -2.20. The van der Waals surface area contributed by atoms with Crippen molar-refractivity contribution in [2.24, 2.45) is 0 Å². The molecule has 2 heterocycles. The van der Waals surface area contributed by atoms with Gasteiger partial charge in [0.2, 0.25) is 0 Å². The maximum absolute atomic E-state index is 12.5. The molecule has 0 aromatic carbocycles. The Morgan fingerprint density at radius 2 is 1.75 bits per heavy atom. The third kappa shape index (κ3) is 5.74. The average Bonchev–Trinajstić information content (AvgIpc) is 2.51. The molecule has 20 heavy (non-hydrogen) atoms. The largest absolute Gasteiger partial charge is 0.417 e. The molecule has 1 aliphatic rings. The summed E-state index contributed by atoms with van der Waals surface area (Å²) in [5.41, 5.74) is 0.804. The molecule has 2 rings (SSSR count). The summed E-state index contributed by atoms with van der Waals surface area (Å²) in [5, 5.41) is 3.11. The van der Waals surface area contributed by atoms with E-state index in [0.29, 0.717) is 12.1 Å². The van der Waals surface area contributed by atoms with E-state index in [0.717, 1.165) is 30.8 Å². The molecule has 0 amide bonds. The third-order valence-corrected chi connectivity index (χ3v) is 2.50. The van der Waals surface area contributed by atoms with E-state index >= 15 is 0 Å². The van der Waals surface area contributed by atoms with Crippen LogP contribution in [0.2, 0.25) is 0 Å². The minimum absolute atomic E-state index is 0.566. The molecule has 0 radical (unpaired) electrons. The maximum atomic E-state index is 12.5. The number of alkyl halides is 3. The monoisotopic (exact) mass is 288 g/mol. The minimum atomic E-state index is -4.32. The molecule has 0 unspecified atom stereocenters. The van der Waals surface area contributed by atoms with E-state index in [1.165, 1.54) is 6.20 Å². The first-order valence-corrected chi connectivity index (χ1v) is 7.00. The van der Waals surface area contributed by atoms with Gasteiger partial charge in [-0.2, -0.15) is 13.2 Å². The first-order valence-electron chi connectivity index (χ1n) is 7.00. The predicted octanol–water partition coefficient (Wildman–Crippen LogP) is 4.53. The second-order valence-corrected chi connectivity index (χ2v) is 3.64. The van der Waals surface area contributed by atoms with Gasteiger partial charge in [0.05, 0.1) is 5.56 Å². The summed E-state index contributed by atoms with van der Waals surface area (Å²) in [7, 11) is 0. The lowest BCUT2D eigenvalue weighted by molar-refractivity contribution is -0.137. The SMILES string of the molecule is CC.CC.FC(F)(F)c1cncc(C2=CCNCC2)c1. The predicted molar refractivity (Wildman–Crippen MR) is 77.4 cm³/mol. The number of halogens is 3. The summed E-state index contributed by atoms with van der Waals surface area (Å²) in [5.74, 6) is 0. The maximum Gasteiger partial charge on any atom is 0.417 e. The van der Waals surface area contributed by atoms with E-state index in [1.807, 2.05) is 33.8 Å². The number of pyridine rings is 1. The Labute approximate surface area is 119 Å². The van der Waals surface area contributed by atoms with Crippen molar-refractivity contribution < 1.29 is 13.2 Å². The van der Waals surface area contributed by atoms with Crippen molar-refractivity contribution >= 4 is 5.57 Å². The second kappa shape index (κ2) is 9.53. The molecule has 0 saturated carbocycles. The molecule has 1 aromatic heterocycles. The van der Waals surface area contributed by atoms with Crippen molar-refractivity contribution in [3.63, 3.8) is 0 Å². The Morgan fingerprint density at radius 3 is 2.25 bits per heavy atom. The zero-order chi connectivity index (χ0) is 15.6. The van der Waals surface area contributed by atoms with Crippen LogP contribution in [0.4, 0.5) is 13.2 Å². The summed E-state index contributed by atoms with van der Waals surface area (Å²) in [6.45, 7) is 9.49. The van der Waals surface area contributed by atoms with Crippen LogP contribution in [0.25, 0.3) is 5.57 Å². The van der Waals surface area contributed by atoms with Gasteiger partial charge in [-0.25, -0.2) is 0 Å². The van der Waals surface area contributed by atoms with Gasteiger partial charge in [-0.3, -0.25) is 4.98 Å². The van der Waals surface area contributed by atoms with Crippen LogP contribution >= 0.6 is 0 Å². The number of hydrogen-bond donors (Lipinski definition) is 1. The van der Waals surface area contributed by atoms with E-state index in [4.69, 9.17) is 0 Å². The van der Waals surface area contributed by atoms with E-state index in [1.54, 1.807) is 0 Å². The molecule has 5 heteroatoms. The smallest absolute Gasteiger partial charge is 0.313 e. The van der Waals surface area contributed by atoms with Crippen LogP contribution in [0.5, 0.6) is 0 Å². The quantitative estimate of drug-likeness (QED) is 0.821. The summed E-state index contributed by atoms with van der Waals surface area (Å²) in [6.07, 6.45) is 0.650. The van der Waals surface area contributed by atoms with Gasteiger partial charge in [0.25, 0.3) is 0 Å².